The van der Waals surface area contributed by atoms with Crippen LogP contribution in [-0.2, 0) is 15.6 Å². The lowest BCUT2D eigenvalue weighted by Gasteiger charge is -2.07. The first-order valence-corrected chi connectivity index (χ1v) is 10.4. The molecule has 134 valence electrons. The molecular weight excluding hydrogens is 368 g/mol. The number of benzene rings is 2. The van der Waals surface area contributed by atoms with Crippen LogP contribution in [0.15, 0.2) is 59.5 Å². The van der Waals surface area contributed by atoms with Crippen LogP contribution in [0.2, 0.25) is 0 Å². The molecule has 0 aliphatic heterocycles. The Morgan fingerprint density at radius 1 is 1.08 bits per heavy atom. The van der Waals surface area contributed by atoms with Crippen LogP contribution >= 0.6 is 11.3 Å². The van der Waals surface area contributed by atoms with Gasteiger partial charge >= 0.3 is 0 Å². The number of rotatable bonds is 5. The molecule has 1 heterocycles. The van der Waals surface area contributed by atoms with Gasteiger partial charge in [0.25, 0.3) is 5.91 Å². The molecule has 0 atom stereocenters. The van der Waals surface area contributed by atoms with Gasteiger partial charge in [0.15, 0.2) is 15.0 Å². The number of aryl methyl sites for hydroxylation is 2. The van der Waals surface area contributed by atoms with E-state index in [2.05, 4.69) is 10.3 Å². The Morgan fingerprint density at radius 3 is 2.46 bits per heavy atom. The molecular formula is C19H18N2O3S2. The molecule has 0 radical (unpaired) electrons. The van der Waals surface area contributed by atoms with Crippen molar-refractivity contribution in [1.82, 2.24) is 4.98 Å². The van der Waals surface area contributed by atoms with E-state index in [9.17, 15) is 13.2 Å². The Labute approximate surface area is 156 Å². The van der Waals surface area contributed by atoms with Gasteiger partial charge in [-0.05, 0) is 43.7 Å². The third-order valence-corrected chi connectivity index (χ3v) is 6.59. The maximum Gasteiger partial charge on any atom is 0.257 e. The van der Waals surface area contributed by atoms with E-state index >= 15 is 0 Å². The van der Waals surface area contributed by atoms with Crippen LogP contribution < -0.4 is 5.32 Å². The van der Waals surface area contributed by atoms with Gasteiger partial charge in [0.05, 0.1) is 16.3 Å². The lowest BCUT2D eigenvalue weighted by atomic mass is 10.1. The van der Waals surface area contributed by atoms with Crippen LogP contribution in [0.4, 0.5) is 5.13 Å². The molecule has 2 aromatic carbocycles. The minimum Gasteiger partial charge on any atom is -0.298 e. The lowest BCUT2D eigenvalue weighted by Crippen LogP contribution is -2.12. The SMILES string of the molecule is Cc1nc(NC(=O)c2cccc(CS(=O)(=O)c3ccccc3)c2)sc1C. The average Bonchev–Trinajstić information content (AvgIpc) is 2.93. The predicted molar refractivity (Wildman–Crippen MR) is 103 cm³/mol. The van der Waals surface area contributed by atoms with Gasteiger partial charge in [-0.2, -0.15) is 0 Å². The highest BCUT2D eigenvalue weighted by molar-refractivity contribution is 7.90. The highest BCUT2D eigenvalue weighted by atomic mass is 32.2. The molecule has 0 saturated carbocycles. The third kappa shape index (κ3) is 4.17. The van der Waals surface area contributed by atoms with Crippen molar-refractivity contribution >= 4 is 32.2 Å². The first kappa shape index (κ1) is 18.3. The van der Waals surface area contributed by atoms with E-state index in [-0.39, 0.29) is 16.6 Å². The Bertz CT molecular complexity index is 1020. The summed E-state index contributed by atoms with van der Waals surface area (Å²) >= 11 is 1.41. The van der Waals surface area contributed by atoms with Crippen molar-refractivity contribution in [3.05, 3.63) is 76.3 Å². The minimum atomic E-state index is -3.46. The second kappa shape index (κ2) is 7.39. The topological polar surface area (TPSA) is 76.1 Å². The fourth-order valence-corrected chi connectivity index (χ4v) is 4.59. The van der Waals surface area contributed by atoms with Gasteiger partial charge in [-0.1, -0.05) is 30.3 Å². The number of aromatic nitrogens is 1. The van der Waals surface area contributed by atoms with Crippen LogP contribution in [0.3, 0.4) is 0 Å². The van der Waals surface area contributed by atoms with Crippen molar-refractivity contribution in [2.45, 2.75) is 24.5 Å². The number of thiazole rings is 1. The Balaban J connectivity index is 1.78. The normalized spacial score (nSPS) is 11.3. The molecule has 3 aromatic rings. The van der Waals surface area contributed by atoms with E-state index in [1.165, 1.54) is 11.3 Å². The Kier molecular flexibility index (Phi) is 5.20. The number of hydrogen-bond donors (Lipinski definition) is 1. The average molecular weight is 386 g/mol. The first-order valence-electron chi connectivity index (χ1n) is 7.97. The highest BCUT2D eigenvalue weighted by Crippen LogP contribution is 2.22. The number of hydrogen-bond acceptors (Lipinski definition) is 5. The van der Waals surface area contributed by atoms with Gasteiger partial charge in [-0.3, -0.25) is 10.1 Å². The maximum absolute atomic E-state index is 12.5. The Morgan fingerprint density at radius 2 is 1.81 bits per heavy atom. The van der Waals surface area contributed by atoms with Crippen molar-refractivity contribution in [1.29, 1.82) is 0 Å². The van der Waals surface area contributed by atoms with Crippen molar-refractivity contribution < 1.29 is 13.2 Å². The van der Waals surface area contributed by atoms with Crippen molar-refractivity contribution in [3.8, 4) is 0 Å². The number of amides is 1. The summed E-state index contributed by atoms with van der Waals surface area (Å²) in [5.74, 6) is -0.467. The van der Waals surface area contributed by atoms with Gasteiger partial charge < -0.3 is 0 Å². The summed E-state index contributed by atoms with van der Waals surface area (Å²) in [7, 11) is -3.46. The van der Waals surface area contributed by atoms with Gasteiger partial charge in [0.2, 0.25) is 0 Å². The molecule has 0 fully saturated rings. The number of carbonyl (C=O) groups is 1. The zero-order chi connectivity index (χ0) is 18.7. The van der Waals surface area contributed by atoms with E-state index in [1.54, 1.807) is 54.6 Å². The summed E-state index contributed by atoms with van der Waals surface area (Å²) < 4.78 is 25.0. The largest absolute Gasteiger partial charge is 0.298 e. The second-order valence-corrected chi connectivity index (χ2v) is 9.08. The molecule has 0 bridgehead atoms. The molecule has 5 nitrogen and oxygen atoms in total. The smallest absolute Gasteiger partial charge is 0.257 e. The second-order valence-electron chi connectivity index (χ2n) is 5.89. The predicted octanol–water partition coefficient (Wildman–Crippen LogP) is 3.99. The molecule has 0 aliphatic carbocycles. The fourth-order valence-electron chi connectivity index (χ4n) is 2.43. The van der Waals surface area contributed by atoms with Crippen LogP contribution in [0.5, 0.6) is 0 Å². The van der Waals surface area contributed by atoms with Crippen molar-refractivity contribution in [2.24, 2.45) is 0 Å². The summed E-state index contributed by atoms with van der Waals surface area (Å²) in [6, 6.07) is 14.9. The van der Waals surface area contributed by atoms with Crippen LogP contribution in [-0.4, -0.2) is 19.3 Å². The van der Waals surface area contributed by atoms with Crippen molar-refractivity contribution in [2.75, 3.05) is 5.32 Å². The molecule has 26 heavy (non-hydrogen) atoms. The number of anilines is 1. The molecule has 1 N–H and O–H groups in total. The maximum atomic E-state index is 12.5. The van der Waals surface area contributed by atoms with Gasteiger partial charge in [-0.25, -0.2) is 13.4 Å². The molecule has 1 amide bonds. The van der Waals surface area contributed by atoms with E-state index in [1.807, 2.05) is 13.8 Å². The summed E-state index contributed by atoms with van der Waals surface area (Å²) in [6.07, 6.45) is 0. The van der Waals surface area contributed by atoms with Gasteiger partial charge in [-0.15, -0.1) is 11.3 Å². The summed E-state index contributed by atoms with van der Waals surface area (Å²) in [4.78, 5) is 18.0. The number of sulfone groups is 1. The van der Waals surface area contributed by atoms with E-state index in [0.29, 0.717) is 16.3 Å². The number of nitrogens with one attached hydrogen (secondary N) is 1. The summed E-state index contributed by atoms with van der Waals surface area (Å²) in [5.41, 5.74) is 1.84. The third-order valence-electron chi connectivity index (χ3n) is 3.90. The molecule has 0 unspecified atom stereocenters. The molecule has 0 aliphatic rings. The van der Waals surface area contributed by atoms with E-state index in [4.69, 9.17) is 0 Å². The van der Waals surface area contributed by atoms with Crippen molar-refractivity contribution in [3.63, 3.8) is 0 Å². The number of nitrogens with zero attached hydrogens (tertiary/aromatic N) is 1. The van der Waals surface area contributed by atoms with Crippen LogP contribution in [0.25, 0.3) is 0 Å². The minimum absolute atomic E-state index is 0.159. The molecule has 0 spiro atoms. The van der Waals surface area contributed by atoms with Gasteiger partial charge in [0.1, 0.15) is 0 Å². The quantitative estimate of drug-likeness (QED) is 0.719. The Hall–Kier alpha value is -2.51. The summed E-state index contributed by atoms with van der Waals surface area (Å²) in [5, 5.41) is 3.30. The lowest BCUT2D eigenvalue weighted by molar-refractivity contribution is 0.102. The van der Waals surface area contributed by atoms with Crippen LogP contribution in [0.1, 0.15) is 26.5 Å². The fraction of sp³-hybridized carbons (Fsp3) is 0.158. The molecule has 7 heteroatoms. The first-order chi connectivity index (χ1) is 12.3. The molecule has 1 aromatic heterocycles. The zero-order valence-corrected chi connectivity index (χ0v) is 16.0. The van der Waals surface area contributed by atoms with E-state index in [0.717, 1.165) is 10.6 Å². The molecule has 0 saturated heterocycles. The molecule has 3 rings (SSSR count). The van der Waals surface area contributed by atoms with Crippen LogP contribution in [0, 0.1) is 13.8 Å². The summed E-state index contributed by atoms with van der Waals surface area (Å²) in [6.45, 7) is 3.83. The number of carbonyl (C=O) groups excluding carboxylic acids is 1. The zero-order valence-electron chi connectivity index (χ0n) is 14.4. The standard InChI is InChI=1S/C19H18N2O3S2/c1-13-14(2)25-19(20-13)21-18(22)16-8-6-7-15(11-16)12-26(23,24)17-9-4-3-5-10-17/h3-11H,12H2,1-2H3,(H,20,21,22). The highest BCUT2D eigenvalue weighted by Gasteiger charge is 2.16. The van der Waals surface area contributed by atoms with Gasteiger partial charge in [0, 0.05) is 10.4 Å². The monoisotopic (exact) mass is 386 g/mol. The van der Waals surface area contributed by atoms with E-state index < -0.39 is 9.84 Å².